The minimum atomic E-state index is -4.20. The van der Waals surface area contributed by atoms with E-state index in [-0.39, 0.29) is 19.4 Å². The van der Waals surface area contributed by atoms with E-state index >= 15 is 0 Å². The summed E-state index contributed by atoms with van der Waals surface area (Å²) in [5.41, 5.74) is 0. The molecule has 1 aliphatic carbocycles. The summed E-state index contributed by atoms with van der Waals surface area (Å²) >= 11 is 0. The van der Waals surface area contributed by atoms with E-state index < -0.39 is 24.0 Å². The molecular formula is C12H19F3O3. The van der Waals surface area contributed by atoms with Crippen LogP contribution in [-0.4, -0.2) is 32.5 Å². The summed E-state index contributed by atoms with van der Waals surface area (Å²) in [5.74, 6) is -2.46. The van der Waals surface area contributed by atoms with E-state index in [0.29, 0.717) is 25.9 Å². The molecule has 1 aliphatic rings. The van der Waals surface area contributed by atoms with Crippen molar-refractivity contribution in [1.29, 1.82) is 0 Å². The number of hydrogen-bond acceptors (Lipinski definition) is 3. The maximum absolute atomic E-state index is 12.6. The highest BCUT2D eigenvalue weighted by molar-refractivity contribution is 5.72. The highest BCUT2D eigenvalue weighted by Gasteiger charge is 2.43. The third-order valence-electron chi connectivity index (χ3n) is 3.21. The van der Waals surface area contributed by atoms with Gasteiger partial charge in [0.25, 0.3) is 0 Å². The van der Waals surface area contributed by atoms with Crippen LogP contribution in [0.4, 0.5) is 13.2 Å². The van der Waals surface area contributed by atoms with Crippen LogP contribution in [0, 0.1) is 11.8 Å². The summed E-state index contributed by atoms with van der Waals surface area (Å²) in [6.45, 7) is 0.684. The fourth-order valence-corrected chi connectivity index (χ4v) is 2.20. The van der Waals surface area contributed by atoms with Gasteiger partial charge in [-0.1, -0.05) is 6.42 Å². The largest absolute Gasteiger partial charge is 0.465 e. The van der Waals surface area contributed by atoms with Gasteiger partial charge in [0, 0.05) is 20.1 Å². The van der Waals surface area contributed by atoms with Gasteiger partial charge in [0.05, 0.1) is 18.4 Å². The molecule has 0 heterocycles. The molecule has 0 amide bonds. The molecule has 0 N–H and O–H groups in total. The van der Waals surface area contributed by atoms with E-state index in [4.69, 9.17) is 9.47 Å². The zero-order chi connectivity index (χ0) is 13.6. The van der Waals surface area contributed by atoms with Crippen molar-refractivity contribution in [2.75, 3.05) is 20.3 Å². The average Bonchev–Trinajstić information content (AvgIpc) is 2.33. The molecule has 6 heteroatoms. The highest BCUT2D eigenvalue weighted by Crippen LogP contribution is 2.40. The Bertz CT molecular complexity index is 266. The van der Waals surface area contributed by atoms with E-state index in [0.717, 1.165) is 0 Å². The van der Waals surface area contributed by atoms with Crippen LogP contribution >= 0.6 is 0 Å². The van der Waals surface area contributed by atoms with Gasteiger partial charge in [-0.3, -0.25) is 4.79 Å². The van der Waals surface area contributed by atoms with Crippen LogP contribution in [0.1, 0.15) is 32.1 Å². The van der Waals surface area contributed by atoms with Gasteiger partial charge in [-0.2, -0.15) is 13.2 Å². The summed E-state index contributed by atoms with van der Waals surface area (Å²) in [4.78, 5) is 11.6. The number of halogens is 3. The zero-order valence-electron chi connectivity index (χ0n) is 10.5. The van der Waals surface area contributed by atoms with Gasteiger partial charge in [-0.25, -0.2) is 0 Å². The monoisotopic (exact) mass is 268 g/mol. The fraction of sp³-hybridized carbons (Fsp3) is 0.917. The lowest BCUT2D eigenvalue weighted by Gasteiger charge is -2.29. The maximum Gasteiger partial charge on any atom is 0.391 e. The second kappa shape index (κ2) is 6.97. The van der Waals surface area contributed by atoms with Crippen molar-refractivity contribution < 1.29 is 27.4 Å². The standard InChI is InChI=1S/C12H19F3O3/c1-17-6-3-7-18-11(16)9-4-2-5-10(8-9)12(13,14)15/h9-10H,2-8H2,1H3. The summed E-state index contributed by atoms with van der Waals surface area (Å²) in [6.07, 6.45) is -2.71. The minimum Gasteiger partial charge on any atom is -0.465 e. The molecule has 1 fully saturated rings. The van der Waals surface area contributed by atoms with E-state index in [1.807, 2.05) is 0 Å². The Morgan fingerprint density at radius 1 is 1.28 bits per heavy atom. The Hall–Kier alpha value is -0.780. The van der Waals surface area contributed by atoms with Crippen molar-refractivity contribution in [1.82, 2.24) is 0 Å². The van der Waals surface area contributed by atoms with Crippen molar-refractivity contribution in [2.24, 2.45) is 11.8 Å². The number of alkyl halides is 3. The molecule has 0 radical (unpaired) electrons. The first-order chi connectivity index (χ1) is 8.45. The van der Waals surface area contributed by atoms with Crippen molar-refractivity contribution in [3.05, 3.63) is 0 Å². The number of methoxy groups -OCH3 is 1. The summed E-state index contributed by atoms with van der Waals surface area (Å²) < 4.78 is 47.4. The molecule has 0 saturated heterocycles. The Kier molecular flexibility index (Phi) is 5.91. The van der Waals surface area contributed by atoms with Crippen molar-refractivity contribution in [3.63, 3.8) is 0 Å². The molecule has 0 spiro atoms. The number of hydrogen-bond donors (Lipinski definition) is 0. The smallest absolute Gasteiger partial charge is 0.391 e. The predicted octanol–water partition coefficient (Wildman–Crippen LogP) is 2.93. The number of ether oxygens (including phenoxy) is 2. The SMILES string of the molecule is COCCCOC(=O)C1CCCC(C(F)(F)F)C1. The van der Waals surface area contributed by atoms with E-state index in [2.05, 4.69) is 0 Å². The molecule has 3 nitrogen and oxygen atoms in total. The van der Waals surface area contributed by atoms with Crippen molar-refractivity contribution >= 4 is 5.97 Å². The topological polar surface area (TPSA) is 35.5 Å². The van der Waals surface area contributed by atoms with Crippen molar-refractivity contribution in [2.45, 2.75) is 38.3 Å². The Morgan fingerprint density at radius 3 is 2.61 bits per heavy atom. The normalized spacial score (nSPS) is 24.9. The van der Waals surface area contributed by atoms with Crippen LogP contribution in [0.5, 0.6) is 0 Å². The van der Waals surface area contributed by atoms with Crippen molar-refractivity contribution in [3.8, 4) is 0 Å². The lowest BCUT2D eigenvalue weighted by molar-refractivity contribution is -0.189. The Labute approximate surface area is 105 Å². The zero-order valence-corrected chi connectivity index (χ0v) is 10.5. The van der Waals surface area contributed by atoms with Gasteiger partial charge < -0.3 is 9.47 Å². The lowest BCUT2D eigenvalue weighted by atomic mass is 9.81. The van der Waals surface area contributed by atoms with Crippen LogP contribution < -0.4 is 0 Å². The molecule has 2 unspecified atom stereocenters. The minimum absolute atomic E-state index is 0.122. The average molecular weight is 268 g/mol. The first-order valence-corrected chi connectivity index (χ1v) is 6.17. The molecule has 106 valence electrons. The van der Waals surface area contributed by atoms with Crippen LogP contribution in [0.15, 0.2) is 0 Å². The first kappa shape index (κ1) is 15.3. The summed E-state index contributed by atoms with van der Waals surface area (Å²) in [5, 5.41) is 0. The molecule has 0 aromatic rings. The third kappa shape index (κ3) is 4.84. The maximum atomic E-state index is 12.6. The number of esters is 1. The quantitative estimate of drug-likeness (QED) is 0.568. The molecule has 0 aromatic heterocycles. The van der Waals surface area contributed by atoms with Crippen LogP contribution in [0.3, 0.4) is 0 Å². The fourth-order valence-electron chi connectivity index (χ4n) is 2.20. The van der Waals surface area contributed by atoms with Gasteiger partial charge in [-0.05, 0) is 19.3 Å². The van der Waals surface area contributed by atoms with Gasteiger partial charge >= 0.3 is 12.1 Å². The molecule has 0 aromatic carbocycles. The van der Waals surface area contributed by atoms with Gasteiger partial charge in [0.2, 0.25) is 0 Å². The molecule has 0 bridgehead atoms. The van der Waals surface area contributed by atoms with Crippen LogP contribution in [0.25, 0.3) is 0 Å². The summed E-state index contributed by atoms with van der Waals surface area (Å²) in [7, 11) is 1.54. The Balaban J connectivity index is 2.34. The molecule has 1 saturated carbocycles. The molecule has 18 heavy (non-hydrogen) atoms. The lowest BCUT2D eigenvalue weighted by Crippen LogP contribution is -2.32. The number of carbonyl (C=O) groups is 1. The molecular weight excluding hydrogens is 249 g/mol. The first-order valence-electron chi connectivity index (χ1n) is 6.17. The number of rotatable bonds is 5. The predicted molar refractivity (Wildman–Crippen MR) is 59.0 cm³/mol. The second-order valence-corrected chi connectivity index (χ2v) is 4.62. The third-order valence-corrected chi connectivity index (χ3v) is 3.21. The molecule has 2 atom stereocenters. The van der Waals surface area contributed by atoms with E-state index in [1.165, 1.54) is 7.11 Å². The summed E-state index contributed by atoms with van der Waals surface area (Å²) in [6, 6.07) is 0. The molecule has 0 aliphatic heterocycles. The van der Waals surface area contributed by atoms with Crippen LogP contribution in [0.2, 0.25) is 0 Å². The number of carbonyl (C=O) groups excluding carboxylic acids is 1. The second-order valence-electron chi connectivity index (χ2n) is 4.62. The van der Waals surface area contributed by atoms with E-state index in [1.54, 1.807) is 0 Å². The van der Waals surface area contributed by atoms with Gasteiger partial charge in [0.1, 0.15) is 0 Å². The highest BCUT2D eigenvalue weighted by atomic mass is 19.4. The van der Waals surface area contributed by atoms with Gasteiger partial charge in [0.15, 0.2) is 0 Å². The van der Waals surface area contributed by atoms with E-state index in [9.17, 15) is 18.0 Å². The molecule has 1 rings (SSSR count). The Morgan fingerprint density at radius 2 is 2.00 bits per heavy atom. The van der Waals surface area contributed by atoms with Crippen LogP contribution in [-0.2, 0) is 14.3 Å². The van der Waals surface area contributed by atoms with Gasteiger partial charge in [-0.15, -0.1) is 0 Å².